The van der Waals surface area contributed by atoms with Crippen LogP contribution in [0, 0.1) is 0 Å². The minimum Gasteiger partial charge on any atom is -0.389 e. The van der Waals surface area contributed by atoms with Gasteiger partial charge < -0.3 is 10.6 Å². The molecule has 0 radical (unpaired) electrons. The van der Waals surface area contributed by atoms with Crippen molar-refractivity contribution in [3.63, 3.8) is 0 Å². The van der Waals surface area contributed by atoms with Crippen molar-refractivity contribution < 1.29 is 0 Å². The van der Waals surface area contributed by atoms with Crippen LogP contribution in [-0.4, -0.2) is 47.5 Å². The van der Waals surface area contributed by atoms with Crippen LogP contribution in [-0.2, 0) is 6.54 Å². The molecule has 1 aromatic rings. The van der Waals surface area contributed by atoms with E-state index in [9.17, 15) is 0 Å². The molecule has 1 saturated heterocycles. The van der Waals surface area contributed by atoms with E-state index in [2.05, 4.69) is 35.9 Å². The van der Waals surface area contributed by atoms with Gasteiger partial charge in [0, 0.05) is 37.8 Å². The molecule has 98 valence electrons. The molecule has 0 bridgehead atoms. The Balaban J connectivity index is 2.05. The highest BCUT2D eigenvalue weighted by molar-refractivity contribution is 7.80. The van der Waals surface area contributed by atoms with E-state index in [1.165, 1.54) is 5.56 Å². The maximum atomic E-state index is 5.67. The molecule has 1 heterocycles. The monoisotopic (exact) mass is 263 g/mol. The van der Waals surface area contributed by atoms with Crippen molar-refractivity contribution in [3.05, 3.63) is 35.4 Å². The fourth-order valence-electron chi connectivity index (χ4n) is 2.47. The molecule has 0 aliphatic carbocycles. The van der Waals surface area contributed by atoms with E-state index in [4.69, 9.17) is 18.0 Å². The summed E-state index contributed by atoms with van der Waals surface area (Å²) in [6.45, 7) is 6.65. The fraction of sp³-hybridized carbons (Fsp3) is 0.500. The van der Waals surface area contributed by atoms with Gasteiger partial charge >= 0.3 is 0 Å². The Labute approximate surface area is 115 Å². The second-order valence-corrected chi connectivity index (χ2v) is 5.59. The molecule has 0 amide bonds. The maximum absolute atomic E-state index is 5.67. The summed E-state index contributed by atoms with van der Waals surface area (Å²) in [7, 11) is 2.18. The average molecular weight is 263 g/mol. The Hall–Kier alpha value is -0.970. The normalized spacial score (nSPS) is 22.0. The highest BCUT2D eigenvalue weighted by Gasteiger charge is 2.21. The lowest BCUT2D eigenvalue weighted by molar-refractivity contribution is 0.0938. The van der Waals surface area contributed by atoms with Gasteiger partial charge in [-0.05, 0) is 25.6 Å². The third kappa shape index (κ3) is 3.28. The van der Waals surface area contributed by atoms with Gasteiger partial charge in [0.2, 0.25) is 0 Å². The smallest absolute Gasteiger partial charge is 0.103 e. The topological polar surface area (TPSA) is 32.5 Å². The first kappa shape index (κ1) is 13.5. The van der Waals surface area contributed by atoms with Crippen LogP contribution in [0.25, 0.3) is 0 Å². The van der Waals surface area contributed by atoms with Crippen LogP contribution in [0.3, 0.4) is 0 Å². The van der Waals surface area contributed by atoms with Gasteiger partial charge in [0.15, 0.2) is 0 Å². The molecule has 3 nitrogen and oxygen atoms in total. The van der Waals surface area contributed by atoms with E-state index < -0.39 is 0 Å². The maximum Gasteiger partial charge on any atom is 0.103 e. The zero-order chi connectivity index (χ0) is 13.1. The van der Waals surface area contributed by atoms with E-state index in [1.807, 2.05) is 12.1 Å². The number of benzene rings is 1. The number of nitrogens with zero attached hydrogens (tertiary/aromatic N) is 2. The van der Waals surface area contributed by atoms with Crippen molar-refractivity contribution in [2.45, 2.75) is 19.5 Å². The van der Waals surface area contributed by atoms with Crippen molar-refractivity contribution in [1.29, 1.82) is 0 Å². The Bertz CT molecular complexity index is 433. The van der Waals surface area contributed by atoms with E-state index in [-0.39, 0.29) is 0 Å². The van der Waals surface area contributed by atoms with Gasteiger partial charge in [-0.3, -0.25) is 4.90 Å². The van der Waals surface area contributed by atoms with Crippen molar-refractivity contribution in [1.82, 2.24) is 9.80 Å². The first-order valence-corrected chi connectivity index (χ1v) is 6.78. The van der Waals surface area contributed by atoms with Gasteiger partial charge in [0.25, 0.3) is 0 Å². The molecule has 1 unspecified atom stereocenters. The second kappa shape index (κ2) is 5.78. The van der Waals surface area contributed by atoms with Crippen LogP contribution in [0.5, 0.6) is 0 Å². The van der Waals surface area contributed by atoms with Crippen LogP contribution in [0.2, 0.25) is 0 Å². The van der Waals surface area contributed by atoms with Crippen molar-refractivity contribution in [3.8, 4) is 0 Å². The van der Waals surface area contributed by atoms with Crippen molar-refractivity contribution >= 4 is 17.2 Å². The standard InChI is InChI=1S/C14H21N3S/c1-11-9-16(2)6-7-17(11)10-12-4-3-5-13(8-12)14(15)18/h3-5,8,11H,6-7,9-10H2,1-2H3,(H2,15,18). The van der Waals surface area contributed by atoms with Crippen molar-refractivity contribution in [2.75, 3.05) is 26.7 Å². The summed E-state index contributed by atoms with van der Waals surface area (Å²) in [5.41, 5.74) is 7.92. The van der Waals surface area contributed by atoms with Gasteiger partial charge in [-0.2, -0.15) is 0 Å². The number of hydrogen-bond donors (Lipinski definition) is 1. The summed E-state index contributed by atoms with van der Waals surface area (Å²) in [4.78, 5) is 5.37. The Morgan fingerprint density at radius 2 is 2.22 bits per heavy atom. The summed E-state index contributed by atoms with van der Waals surface area (Å²) in [5.74, 6) is 0. The molecule has 0 saturated carbocycles. The van der Waals surface area contributed by atoms with Gasteiger partial charge in [-0.25, -0.2) is 0 Å². The SMILES string of the molecule is CC1CN(C)CCN1Cc1cccc(C(N)=S)c1. The molecule has 2 rings (SSSR count). The van der Waals surface area contributed by atoms with Crippen molar-refractivity contribution in [2.24, 2.45) is 5.73 Å². The average Bonchev–Trinajstić information content (AvgIpc) is 2.33. The molecule has 1 aromatic carbocycles. The molecule has 4 heteroatoms. The molecule has 0 spiro atoms. The largest absolute Gasteiger partial charge is 0.389 e. The molecule has 18 heavy (non-hydrogen) atoms. The Morgan fingerprint density at radius 3 is 2.89 bits per heavy atom. The number of thiocarbonyl (C=S) groups is 1. The highest BCUT2D eigenvalue weighted by Crippen LogP contribution is 2.14. The third-order valence-corrected chi connectivity index (χ3v) is 3.80. The molecule has 1 atom stereocenters. The van der Waals surface area contributed by atoms with Crippen LogP contribution >= 0.6 is 12.2 Å². The minimum absolute atomic E-state index is 0.475. The predicted octanol–water partition coefficient (Wildman–Crippen LogP) is 1.46. The first-order valence-electron chi connectivity index (χ1n) is 6.37. The summed E-state index contributed by atoms with van der Waals surface area (Å²) >= 11 is 5.02. The quantitative estimate of drug-likeness (QED) is 0.837. The second-order valence-electron chi connectivity index (χ2n) is 5.15. The zero-order valence-corrected chi connectivity index (χ0v) is 11.9. The van der Waals surface area contributed by atoms with E-state index >= 15 is 0 Å². The Kier molecular flexibility index (Phi) is 4.32. The number of likely N-dealkylation sites (N-methyl/N-ethyl adjacent to an activating group) is 1. The molecule has 0 aromatic heterocycles. The van der Waals surface area contributed by atoms with Gasteiger partial charge in [0.1, 0.15) is 4.99 Å². The van der Waals surface area contributed by atoms with Crippen LogP contribution < -0.4 is 5.73 Å². The highest BCUT2D eigenvalue weighted by atomic mass is 32.1. The molecule has 1 fully saturated rings. The number of piperazine rings is 1. The van der Waals surface area contributed by atoms with Gasteiger partial charge in [-0.1, -0.05) is 30.4 Å². The Morgan fingerprint density at radius 1 is 1.44 bits per heavy atom. The lowest BCUT2D eigenvalue weighted by Gasteiger charge is -2.38. The van der Waals surface area contributed by atoms with Gasteiger partial charge in [0.05, 0.1) is 0 Å². The number of nitrogens with two attached hydrogens (primary N) is 1. The summed E-state index contributed by atoms with van der Waals surface area (Å²) in [6, 6.07) is 8.85. The summed E-state index contributed by atoms with van der Waals surface area (Å²) < 4.78 is 0. The molecular weight excluding hydrogens is 242 g/mol. The summed E-state index contributed by atoms with van der Waals surface area (Å²) in [5, 5.41) is 0. The first-order chi connectivity index (χ1) is 8.56. The van der Waals surface area contributed by atoms with Gasteiger partial charge in [-0.15, -0.1) is 0 Å². The zero-order valence-electron chi connectivity index (χ0n) is 11.1. The van der Waals surface area contributed by atoms with Crippen LogP contribution in [0.15, 0.2) is 24.3 Å². The van der Waals surface area contributed by atoms with Crippen LogP contribution in [0.1, 0.15) is 18.1 Å². The van der Waals surface area contributed by atoms with E-state index in [1.54, 1.807) is 0 Å². The number of rotatable bonds is 3. The third-order valence-electron chi connectivity index (χ3n) is 3.57. The predicted molar refractivity (Wildman–Crippen MR) is 79.7 cm³/mol. The molecule has 2 N–H and O–H groups in total. The molecule has 1 aliphatic heterocycles. The lowest BCUT2D eigenvalue weighted by Crippen LogP contribution is -2.49. The minimum atomic E-state index is 0.475. The molecule has 1 aliphatic rings. The lowest BCUT2D eigenvalue weighted by atomic mass is 10.1. The van der Waals surface area contributed by atoms with Crippen LogP contribution in [0.4, 0.5) is 0 Å². The van der Waals surface area contributed by atoms with E-state index in [0.29, 0.717) is 11.0 Å². The number of hydrogen-bond acceptors (Lipinski definition) is 3. The summed E-state index contributed by atoms with van der Waals surface area (Å²) in [6.07, 6.45) is 0. The fourth-order valence-corrected chi connectivity index (χ4v) is 2.60. The molecular formula is C14H21N3S. The van der Waals surface area contributed by atoms with E-state index in [0.717, 1.165) is 31.7 Å².